The molecule has 3 atom stereocenters. The number of hydrogen-bond acceptors (Lipinski definition) is 4. The van der Waals surface area contributed by atoms with Gasteiger partial charge in [-0.25, -0.2) is 4.79 Å². The van der Waals surface area contributed by atoms with E-state index >= 15 is 0 Å². The molecule has 0 radical (unpaired) electrons. The summed E-state index contributed by atoms with van der Waals surface area (Å²) in [6.45, 7) is 10.4. The number of carbonyl (C=O) groups excluding carboxylic acids is 2. The molecule has 4 fully saturated rings. The van der Waals surface area contributed by atoms with Crippen molar-refractivity contribution in [2.75, 3.05) is 6.61 Å². The molecule has 27 heavy (non-hydrogen) atoms. The molecule has 0 saturated heterocycles. The van der Waals surface area contributed by atoms with E-state index in [0.717, 1.165) is 25.2 Å². The molecule has 154 valence electrons. The summed E-state index contributed by atoms with van der Waals surface area (Å²) in [5, 5.41) is 0. The monoisotopic (exact) mass is 378 g/mol. The summed E-state index contributed by atoms with van der Waals surface area (Å²) in [4.78, 5) is 24.6. The summed E-state index contributed by atoms with van der Waals surface area (Å²) in [6.07, 6.45) is 8.85. The highest BCUT2D eigenvalue weighted by Gasteiger charge is 2.62. The minimum Gasteiger partial charge on any atom is -0.456 e. The minimum absolute atomic E-state index is 0.172. The standard InChI is InChI=1S/C23H38O4/c1-6-16(4)21(25)26-14-20(24)27-23(8-7-15(2)3)18-9-17-10-19(23)13-22(5,11-17)12-18/h15-19H,6-14H2,1-5H3. The maximum absolute atomic E-state index is 12.7. The second-order valence-corrected chi connectivity index (χ2v) is 10.4. The lowest BCUT2D eigenvalue weighted by Gasteiger charge is -2.64. The van der Waals surface area contributed by atoms with Crippen LogP contribution in [0.25, 0.3) is 0 Å². The van der Waals surface area contributed by atoms with Crippen LogP contribution in [0.3, 0.4) is 0 Å². The van der Waals surface area contributed by atoms with Crippen LogP contribution < -0.4 is 0 Å². The van der Waals surface area contributed by atoms with Gasteiger partial charge in [-0.1, -0.05) is 34.6 Å². The first-order valence-electron chi connectivity index (χ1n) is 11.1. The van der Waals surface area contributed by atoms with Crippen LogP contribution in [0.4, 0.5) is 0 Å². The van der Waals surface area contributed by atoms with Gasteiger partial charge in [0.15, 0.2) is 6.61 Å². The molecule has 0 N–H and O–H groups in total. The third-order valence-corrected chi connectivity index (χ3v) is 7.64. The Labute approximate surface area is 164 Å². The summed E-state index contributed by atoms with van der Waals surface area (Å²) in [6, 6.07) is 0. The van der Waals surface area contributed by atoms with Gasteiger partial charge in [0.1, 0.15) is 5.60 Å². The van der Waals surface area contributed by atoms with E-state index < -0.39 is 0 Å². The molecule has 0 spiro atoms. The lowest BCUT2D eigenvalue weighted by Crippen LogP contribution is -2.62. The summed E-state index contributed by atoms with van der Waals surface area (Å²) in [7, 11) is 0. The maximum atomic E-state index is 12.7. The molecule has 4 nitrogen and oxygen atoms in total. The lowest BCUT2D eigenvalue weighted by molar-refractivity contribution is -0.229. The molecule has 4 heteroatoms. The van der Waals surface area contributed by atoms with E-state index in [1.165, 1.54) is 32.1 Å². The van der Waals surface area contributed by atoms with Crippen LogP contribution in [0, 0.1) is 35.0 Å². The third kappa shape index (κ3) is 4.19. The number of esters is 2. The molecule has 4 aliphatic carbocycles. The Morgan fingerprint density at radius 3 is 2.22 bits per heavy atom. The van der Waals surface area contributed by atoms with Gasteiger partial charge in [-0.05, 0) is 80.5 Å². The van der Waals surface area contributed by atoms with Gasteiger partial charge in [-0.15, -0.1) is 0 Å². The van der Waals surface area contributed by atoms with E-state index in [1.54, 1.807) is 0 Å². The second kappa shape index (κ2) is 7.75. The first kappa shape index (κ1) is 20.7. The van der Waals surface area contributed by atoms with Gasteiger partial charge in [-0.3, -0.25) is 4.79 Å². The van der Waals surface area contributed by atoms with Crippen LogP contribution >= 0.6 is 0 Å². The van der Waals surface area contributed by atoms with Gasteiger partial charge in [0, 0.05) is 0 Å². The van der Waals surface area contributed by atoms with E-state index in [2.05, 4.69) is 20.8 Å². The molecule has 4 saturated carbocycles. The molecule has 4 rings (SSSR count). The Kier molecular flexibility index (Phi) is 5.93. The molecule has 0 aromatic rings. The minimum atomic E-state index is -0.354. The van der Waals surface area contributed by atoms with Crippen molar-refractivity contribution in [2.24, 2.45) is 35.0 Å². The predicted octanol–water partition coefficient (Wildman–Crippen LogP) is 5.14. The number of rotatable bonds is 8. The summed E-state index contributed by atoms with van der Waals surface area (Å²) in [5.41, 5.74) is 0.105. The molecule has 0 aromatic heterocycles. The fourth-order valence-electron chi connectivity index (χ4n) is 6.27. The van der Waals surface area contributed by atoms with Crippen LogP contribution in [-0.4, -0.2) is 24.1 Å². The van der Waals surface area contributed by atoms with Crippen molar-refractivity contribution < 1.29 is 19.1 Å². The summed E-state index contributed by atoms with van der Waals surface area (Å²) in [5.74, 6) is 1.52. The zero-order chi connectivity index (χ0) is 19.8. The highest BCUT2D eigenvalue weighted by molar-refractivity contribution is 5.77. The van der Waals surface area contributed by atoms with Crippen molar-refractivity contribution in [3.63, 3.8) is 0 Å². The topological polar surface area (TPSA) is 52.6 Å². The van der Waals surface area contributed by atoms with Gasteiger partial charge in [0.05, 0.1) is 5.92 Å². The van der Waals surface area contributed by atoms with Gasteiger partial charge in [0.2, 0.25) is 0 Å². The quantitative estimate of drug-likeness (QED) is 0.549. The average molecular weight is 379 g/mol. The smallest absolute Gasteiger partial charge is 0.344 e. The van der Waals surface area contributed by atoms with Gasteiger partial charge in [-0.2, -0.15) is 0 Å². The van der Waals surface area contributed by atoms with Crippen molar-refractivity contribution in [3.05, 3.63) is 0 Å². The number of hydrogen-bond donors (Lipinski definition) is 0. The fourth-order valence-corrected chi connectivity index (χ4v) is 6.27. The summed E-state index contributed by atoms with van der Waals surface area (Å²) < 4.78 is 11.5. The zero-order valence-corrected chi connectivity index (χ0v) is 17.9. The van der Waals surface area contributed by atoms with Gasteiger partial charge >= 0.3 is 11.9 Å². The van der Waals surface area contributed by atoms with Crippen LogP contribution in [0.5, 0.6) is 0 Å². The summed E-state index contributed by atoms with van der Waals surface area (Å²) >= 11 is 0. The second-order valence-electron chi connectivity index (χ2n) is 10.4. The van der Waals surface area contributed by atoms with Crippen molar-refractivity contribution in [2.45, 2.75) is 91.6 Å². The zero-order valence-electron chi connectivity index (χ0n) is 17.9. The Bertz CT molecular complexity index is 551. The Morgan fingerprint density at radius 2 is 1.70 bits per heavy atom. The van der Waals surface area contributed by atoms with Crippen molar-refractivity contribution in [3.8, 4) is 0 Å². The van der Waals surface area contributed by atoms with Crippen LogP contribution in [0.15, 0.2) is 0 Å². The Morgan fingerprint density at radius 1 is 1.07 bits per heavy atom. The van der Waals surface area contributed by atoms with Crippen molar-refractivity contribution in [1.82, 2.24) is 0 Å². The average Bonchev–Trinajstić information content (AvgIpc) is 2.59. The normalized spacial score (nSPS) is 38.1. The largest absolute Gasteiger partial charge is 0.456 e. The fraction of sp³-hybridized carbons (Fsp3) is 0.913. The first-order chi connectivity index (χ1) is 12.7. The van der Waals surface area contributed by atoms with E-state index in [1.807, 2.05) is 13.8 Å². The highest BCUT2D eigenvalue weighted by atomic mass is 16.6. The van der Waals surface area contributed by atoms with Crippen LogP contribution in [-0.2, 0) is 19.1 Å². The van der Waals surface area contributed by atoms with E-state index in [0.29, 0.717) is 23.2 Å². The van der Waals surface area contributed by atoms with Crippen LogP contribution in [0.1, 0.15) is 86.0 Å². The number of carbonyl (C=O) groups is 2. The molecular weight excluding hydrogens is 340 g/mol. The molecule has 3 unspecified atom stereocenters. The SMILES string of the molecule is CCC(C)C(=O)OCC(=O)OC1(CCC(C)C)C2CC3CC1CC(C)(C3)C2. The van der Waals surface area contributed by atoms with Crippen molar-refractivity contribution >= 4 is 11.9 Å². The van der Waals surface area contributed by atoms with E-state index in [9.17, 15) is 9.59 Å². The molecular formula is C23H38O4. The Balaban J connectivity index is 1.71. The van der Waals surface area contributed by atoms with Crippen LogP contribution in [0.2, 0.25) is 0 Å². The number of ether oxygens (including phenoxy) is 2. The molecule has 0 aromatic carbocycles. The molecule has 4 bridgehead atoms. The third-order valence-electron chi connectivity index (χ3n) is 7.64. The predicted molar refractivity (Wildman–Crippen MR) is 105 cm³/mol. The molecule has 0 aliphatic heterocycles. The molecule has 4 aliphatic rings. The first-order valence-corrected chi connectivity index (χ1v) is 11.1. The molecule has 0 amide bonds. The van der Waals surface area contributed by atoms with Crippen molar-refractivity contribution in [1.29, 1.82) is 0 Å². The maximum Gasteiger partial charge on any atom is 0.344 e. The van der Waals surface area contributed by atoms with Gasteiger partial charge < -0.3 is 9.47 Å². The Hall–Kier alpha value is -1.06. The van der Waals surface area contributed by atoms with E-state index in [4.69, 9.17) is 9.47 Å². The lowest BCUT2D eigenvalue weighted by atomic mass is 9.44. The highest BCUT2D eigenvalue weighted by Crippen LogP contribution is 2.65. The molecule has 0 heterocycles. The van der Waals surface area contributed by atoms with Gasteiger partial charge in [0.25, 0.3) is 0 Å². The van der Waals surface area contributed by atoms with E-state index in [-0.39, 0.29) is 30.1 Å².